The highest BCUT2D eigenvalue weighted by molar-refractivity contribution is 5.76. The maximum absolute atomic E-state index is 12.3. The Balaban J connectivity index is 2.10. The molecule has 3 atom stereocenters. The van der Waals surface area contributed by atoms with Crippen LogP contribution in [-0.2, 0) is 14.4 Å². The molecule has 1 aliphatic heterocycles. The Bertz CT molecular complexity index is 672. The summed E-state index contributed by atoms with van der Waals surface area (Å²) in [5.41, 5.74) is 1.62. The Morgan fingerprint density at radius 3 is 2.26 bits per heavy atom. The van der Waals surface area contributed by atoms with Gasteiger partial charge in [-0.25, -0.2) is 9.90 Å². The molecule has 2 aromatic carbocycles. The number of anilines is 1. The number of nitrogens with zero attached hydrogens (tertiary/aromatic N) is 1. The van der Waals surface area contributed by atoms with E-state index >= 15 is 0 Å². The van der Waals surface area contributed by atoms with Crippen LogP contribution in [0.1, 0.15) is 18.5 Å². The second-order valence-corrected chi connectivity index (χ2v) is 5.66. The van der Waals surface area contributed by atoms with E-state index in [4.69, 9.17) is 9.57 Å². The van der Waals surface area contributed by atoms with Crippen LogP contribution in [0.5, 0.6) is 0 Å². The van der Waals surface area contributed by atoms with Crippen LogP contribution in [-0.4, -0.2) is 24.0 Å². The molecule has 0 spiro atoms. The summed E-state index contributed by atoms with van der Waals surface area (Å²) in [7, 11) is 1.31. The standard InChI is InChI=1S/C18H19NO4/c1-18(21)15(17(20)22-2)16(13-9-5-3-6-10-13)19(23-18)14-11-7-4-8-12-14/h3-12,15-16,21H,1-2H3/t15-,16-,18+/m0/s1. The van der Waals surface area contributed by atoms with Gasteiger partial charge < -0.3 is 9.84 Å². The molecule has 0 unspecified atom stereocenters. The molecule has 1 saturated heterocycles. The normalized spacial score (nSPS) is 27.0. The molecule has 2 aromatic rings. The Kier molecular flexibility index (Phi) is 4.07. The lowest BCUT2D eigenvalue weighted by Crippen LogP contribution is -2.38. The number of benzene rings is 2. The summed E-state index contributed by atoms with van der Waals surface area (Å²) in [4.78, 5) is 18.0. The van der Waals surface area contributed by atoms with Crippen LogP contribution >= 0.6 is 0 Å². The van der Waals surface area contributed by atoms with Crippen molar-refractivity contribution in [1.29, 1.82) is 0 Å². The Labute approximate surface area is 135 Å². The molecule has 0 radical (unpaired) electrons. The van der Waals surface area contributed by atoms with Crippen LogP contribution in [0, 0.1) is 5.92 Å². The van der Waals surface area contributed by atoms with Crippen molar-refractivity contribution in [2.45, 2.75) is 18.8 Å². The second-order valence-electron chi connectivity index (χ2n) is 5.66. The lowest BCUT2D eigenvalue weighted by molar-refractivity contribution is -0.198. The summed E-state index contributed by atoms with van der Waals surface area (Å²) in [6.07, 6.45) is 0. The molecule has 1 aliphatic rings. The van der Waals surface area contributed by atoms with Gasteiger partial charge in [-0.1, -0.05) is 48.5 Å². The fraction of sp³-hybridized carbons (Fsp3) is 0.278. The quantitative estimate of drug-likeness (QED) is 0.883. The van der Waals surface area contributed by atoms with E-state index in [1.165, 1.54) is 14.0 Å². The summed E-state index contributed by atoms with van der Waals surface area (Å²) in [5.74, 6) is -3.04. The van der Waals surface area contributed by atoms with Gasteiger partial charge in [0, 0.05) is 0 Å². The molecule has 5 heteroatoms. The van der Waals surface area contributed by atoms with Crippen molar-refractivity contribution < 1.29 is 19.5 Å². The number of aliphatic hydroxyl groups is 1. The van der Waals surface area contributed by atoms with Crippen LogP contribution < -0.4 is 5.06 Å². The van der Waals surface area contributed by atoms with Crippen LogP contribution in [0.15, 0.2) is 60.7 Å². The summed E-state index contributed by atoms with van der Waals surface area (Å²) in [6.45, 7) is 1.48. The second kappa shape index (κ2) is 6.02. The first kappa shape index (κ1) is 15.5. The van der Waals surface area contributed by atoms with Gasteiger partial charge >= 0.3 is 5.97 Å². The van der Waals surface area contributed by atoms with E-state index in [2.05, 4.69) is 0 Å². The molecule has 0 aromatic heterocycles. The van der Waals surface area contributed by atoms with Crippen molar-refractivity contribution >= 4 is 11.7 Å². The molecular formula is C18H19NO4. The van der Waals surface area contributed by atoms with Gasteiger partial charge in [0.2, 0.25) is 5.79 Å². The average molecular weight is 313 g/mol. The first-order chi connectivity index (χ1) is 11.0. The Morgan fingerprint density at radius 2 is 1.70 bits per heavy atom. The third-order valence-electron chi connectivity index (χ3n) is 4.04. The van der Waals surface area contributed by atoms with Crippen molar-refractivity contribution in [2.24, 2.45) is 5.92 Å². The number of ether oxygens (including phenoxy) is 1. The third-order valence-corrected chi connectivity index (χ3v) is 4.04. The molecule has 0 aliphatic carbocycles. The first-order valence-corrected chi connectivity index (χ1v) is 7.43. The molecule has 3 rings (SSSR count). The number of hydrogen-bond donors (Lipinski definition) is 1. The highest BCUT2D eigenvalue weighted by atomic mass is 16.8. The molecule has 0 amide bonds. The van der Waals surface area contributed by atoms with Gasteiger partial charge in [0.15, 0.2) is 0 Å². The van der Waals surface area contributed by atoms with Gasteiger partial charge in [-0.3, -0.25) is 4.79 Å². The van der Waals surface area contributed by atoms with Gasteiger partial charge in [0.1, 0.15) is 12.0 Å². The molecule has 0 saturated carbocycles. The van der Waals surface area contributed by atoms with Crippen LogP contribution in [0.25, 0.3) is 0 Å². The monoisotopic (exact) mass is 313 g/mol. The lowest BCUT2D eigenvalue weighted by Gasteiger charge is -2.26. The summed E-state index contributed by atoms with van der Waals surface area (Å²) in [6, 6.07) is 18.4. The van der Waals surface area contributed by atoms with Gasteiger partial charge in [-0.05, 0) is 24.6 Å². The Hall–Kier alpha value is -2.37. The van der Waals surface area contributed by atoms with E-state index in [9.17, 15) is 9.90 Å². The molecule has 120 valence electrons. The van der Waals surface area contributed by atoms with E-state index in [1.54, 1.807) is 5.06 Å². The summed E-state index contributed by atoms with van der Waals surface area (Å²) in [5, 5.41) is 12.2. The number of rotatable bonds is 3. The van der Waals surface area contributed by atoms with Crippen molar-refractivity contribution in [3.8, 4) is 0 Å². The van der Waals surface area contributed by atoms with E-state index in [-0.39, 0.29) is 0 Å². The van der Waals surface area contributed by atoms with E-state index in [1.807, 2.05) is 60.7 Å². The molecule has 23 heavy (non-hydrogen) atoms. The number of carbonyl (C=O) groups excluding carboxylic acids is 1. The zero-order valence-electron chi connectivity index (χ0n) is 13.0. The average Bonchev–Trinajstić information content (AvgIpc) is 2.87. The van der Waals surface area contributed by atoms with Crippen LogP contribution in [0.3, 0.4) is 0 Å². The molecular weight excluding hydrogens is 294 g/mol. The molecule has 1 fully saturated rings. The van der Waals surface area contributed by atoms with Crippen molar-refractivity contribution in [3.05, 3.63) is 66.2 Å². The summed E-state index contributed by atoms with van der Waals surface area (Å²) < 4.78 is 4.90. The number of hydroxylamine groups is 1. The number of esters is 1. The largest absolute Gasteiger partial charge is 0.469 e. The molecule has 1 heterocycles. The van der Waals surface area contributed by atoms with Gasteiger partial charge in [-0.15, -0.1) is 0 Å². The minimum atomic E-state index is -1.66. The topological polar surface area (TPSA) is 59.0 Å². The van der Waals surface area contributed by atoms with Crippen molar-refractivity contribution in [2.75, 3.05) is 12.2 Å². The van der Waals surface area contributed by atoms with E-state index in [0.717, 1.165) is 11.3 Å². The molecule has 1 N–H and O–H groups in total. The maximum atomic E-state index is 12.3. The number of para-hydroxylation sites is 1. The first-order valence-electron chi connectivity index (χ1n) is 7.43. The zero-order valence-corrected chi connectivity index (χ0v) is 13.0. The summed E-state index contributed by atoms with van der Waals surface area (Å²) >= 11 is 0. The minimum Gasteiger partial charge on any atom is -0.469 e. The van der Waals surface area contributed by atoms with E-state index < -0.39 is 23.7 Å². The van der Waals surface area contributed by atoms with E-state index in [0.29, 0.717) is 0 Å². The number of hydrogen-bond acceptors (Lipinski definition) is 5. The lowest BCUT2D eigenvalue weighted by atomic mass is 9.88. The minimum absolute atomic E-state index is 0.485. The zero-order chi connectivity index (χ0) is 16.4. The number of methoxy groups -OCH3 is 1. The van der Waals surface area contributed by atoms with Crippen LogP contribution in [0.4, 0.5) is 5.69 Å². The van der Waals surface area contributed by atoms with Crippen LogP contribution in [0.2, 0.25) is 0 Å². The SMILES string of the molecule is COC(=O)[C@@H]1[C@H](c2ccccc2)N(c2ccccc2)O[C@@]1(C)O. The highest BCUT2D eigenvalue weighted by Crippen LogP contribution is 2.46. The molecule has 5 nitrogen and oxygen atoms in total. The van der Waals surface area contributed by atoms with Gasteiger partial charge in [0.05, 0.1) is 12.8 Å². The fourth-order valence-electron chi connectivity index (χ4n) is 2.98. The van der Waals surface area contributed by atoms with Gasteiger partial charge in [-0.2, -0.15) is 0 Å². The highest BCUT2D eigenvalue weighted by Gasteiger charge is 2.56. The van der Waals surface area contributed by atoms with Crippen molar-refractivity contribution in [1.82, 2.24) is 0 Å². The third kappa shape index (κ3) is 2.81. The maximum Gasteiger partial charge on any atom is 0.316 e. The fourth-order valence-corrected chi connectivity index (χ4v) is 2.98. The smallest absolute Gasteiger partial charge is 0.316 e. The predicted octanol–water partition coefficient (Wildman–Crippen LogP) is 2.68. The van der Waals surface area contributed by atoms with Crippen molar-refractivity contribution in [3.63, 3.8) is 0 Å². The van der Waals surface area contributed by atoms with Gasteiger partial charge in [0.25, 0.3) is 0 Å². The molecule has 0 bridgehead atoms. The number of carbonyl (C=O) groups is 1. The predicted molar refractivity (Wildman–Crippen MR) is 85.3 cm³/mol. The Morgan fingerprint density at radius 1 is 1.13 bits per heavy atom.